The lowest BCUT2D eigenvalue weighted by Crippen LogP contribution is -2.51. The number of rotatable bonds is 7. The summed E-state index contributed by atoms with van der Waals surface area (Å²) in [6.45, 7) is 14.6. The zero-order chi connectivity index (χ0) is 24.8. The number of halogens is 3. The Kier molecular flexibility index (Phi) is 9.22. The van der Waals surface area contributed by atoms with Crippen molar-refractivity contribution >= 4 is 23.1 Å². The summed E-state index contributed by atoms with van der Waals surface area (Å²) in [5, 5.41) is 5.99. The van der Waals surface area contributed by atoms with Gasteiger partial charge in [-0.05, 0) is 43.4 Å². The molecule has 0 bridgehead atoms. The van der Waals surface area contributed by atoms with Crippen LogP contribution in [0.2, 0.25) is 0 Å². The Morgan fingerprint density at radius 1 is 1.39 bits per heavy atom. The molecular weight excluding hydrogens is 431 g/mol. The molecule has 6 nitrogen and oxygen atoms in total. The fraction of sp³-hybridized carbons (Fsp3) is 0.542. The maximum atomic E-state index is 13.9. The largest absolute Gasteiger partial charge is 0.416 e. The van der Waals surface area contributed by atoms with Gasteiger partial charge in [-0.15, -0.1) is 0 Å². The molecule has 2 rings (SSSR count). The van der Waals surface area contributed by atoms with Crippen molar-refractivity contribution in [2.45, 2.75) is 59.7 Å². The quantitative estimate of drug-likeness (QED) is 0.449. The number of allylic oxidation sites excluding steroid dienone is 1. The summed E-state index contributed by atoms with van der Waals surface area (Å²) >= 11 is 0. The van der Waals surface area contributed by atoms with Crippen LogP contribution in [0.5, 0.6) is 0 Å². The minimum Gasteiger partial charge on any atom is -0.351 e. The molecule has 1 aliphatic heterocycles. The van der Waals surface area contributed by atoms with E-state index in [2.05, 4.69) is 27.2 Å². The lowest BCUT2D eigenvalue weighted by Gasteiger charge is -2.37. The average Bonchev–Trinajstić information content (AvgIpc) is 2.77. The highest BCUT2D eigenvalue weighted by Crippen LogP contribution is 2.35. The predicted molar refractivity (Wildman–Crippen MR) is 127 cm³/mol. The molecule has 0 aliphatic carbocycles. The van der Waals surface area contributed by atoms with Crippen molar-refractivity contribution in [2.24, 2.45) is 10.9 Å². The molecule has 0 aromatic carbocycles. The van der Waals surface area contributed by atoms with Gasteiger partial charge in [-0.25, -0.2) is 9.98 Å². The van der Waals surface area contributed by atoms with E-state index >= 15 is 0 Å². The molecule has 1 amide bonds. The number of hydrogen-bond donors (Lipinski definition) is 2. The molecule has 0 saturated carbocycles. The van der Waals surface area contributed by atoms with Gasteiger partial charge in [0, 0.05) is 44.4 Å². The summed E-state index contributed by atoms with van der Waals surface area (Å²) in [5.74, 6) is 0.169. The summed E-state index contributed by atoms with van der Waals surface area (Å²) in [7, 11) is 0. The first-order valence-electron chi connectivity index (χ1n) is 11.3. The minimum atomic E-state index is -4.52. The summed E-state index contributed by atoms with van der Waals surface area (Å²) in [6, 6.07) is 2.25. The van der Waals surface area contributed by atoms with Crippen LogP contribution in [0.3, 0.4) is 0 Å². The van der Waals surface area contributed by atoms with E-state index in [1.54, 1.807) is 6.92 Å². The van der Waals surface area contributed by atoms with E-state index in [0.717, 1.165) is 18.6 Å². The molecule has 1 aromatic rings. The Bertz CT molecular complexity index is 923. The van der Waals surface area contributed by atoms with Gasteiger partial charge in [0.1, 0.15) is 11.7 Å². The van der Waals surface area contributed by atoms with Crippen LogP contribution in [-0.2, 0) is 11.0 Å². The van der Waals surface area contributed by atoms with Crippen molar-refractivity contribution in [3.05, 3.63) is 41.7 Å². The standard InChI is InChI=1S/C24H34F3N5O/c1-7-15(4)22(23(29-9-3)30-17(6)33)16(5)20-12-18(24(25,26)27)13-21(31-20)32-11-10-28-14-19(32)8-2/h9,12-13,15,19,28H,3,7-8,10-11,14H2,1-2,4-6H3,(H,29,30,33)/b22-16+/t15?,19-/m1/s1. The van der Waals surface area contributed by atoms with Crippen LogP contribution < -0.4 is 15.5 Å². The molecule has 9 heteroatoms. The topological polar surface area (TPSA) is 69.6 Å². The maximum absolute atomic E-state index is 13.9. The number of nitrogens with zero attached hydrogens (tertiary/aromatic N) is 3. The van der Waals surface area contributed by atoms with Gasteiger partial charge in [0.05, 0.1) is 11.3 Å². The van der Waals surface area contributed by atoms with E-state index in [4.69, 9.17) is 0 Å². The number of amidine groups is 1. The summed E-state index contributed by atoms with van der Waals surface area (Å²) in [4.78, 5) is 22.6. The van der Waals surface area contributed by atoms with Gasteiger partial charge in [-0.1, -0.05) is 27.4 Å². The smallest absolute Gasteiger partial charge is 0.351 e. The molecule has 182 valence electrons. The molecule has 0 radical (unpaired) electrons. The van der Waals surface area contributed by atoms with Crippen LogP contribution in [0.25, 0.3) is 5.57 Å². The number of amides is 1. The number of hydrogen-bond acceptors (Lipinski definition) is 5. The third kappa shape index (κ3) is 6.66. The first-order valence-corrected chi connectivity index (χ1v) is 11.3. The van der Waals surface area contributed by atoms with Gasteiger partial charge in [-0.2, -0.15) is 13.2 Å². The second kappa shape index (κ2) is 11.4. The van der Waals surface area contributed by atoms with Crippen LogP contribution in [0.15, 0.2) is 35.5 Å². The van der Waals surface area contributed by atoms with E-state index in [-0.39, 0.29) is 29.4 Å². The number of carbonyl (C=O) groups is 1. The van der Waals surface area contributed by atoms with Crippen molar-refractivity contribution in [1.29, 1.82) is 0 Å². The third-order valence-electron chi connectivity index (χ3n) is 5.92. The molecule has 2 atom stereocenters. The van der Waals surface area contributed by atoms with Crippen molar-refractivity contribution in [2.75, 3.05) is 24.5 Å². The van der Waals surface area contributed by atoms with Crippen LogP contribution in [0, 0.1) is 5.92 Å². The van der Waals surface area contributed by atoms with Crippen molar-refractivity contribution in [1.82, 2.24) is 15.6 Å². The number of piperazine rings is 1. The second-order valence-electron chi connectivity index (χ2n) is 8.25. The van der Waals surface area contributed by atoms with E-state index in [1.807, 2.05) is 25.7 Å². The van der Waals surface area contributed by atoms with Crippen LogP contribution in [0.1, 0.15) is 58.7 Å². The Hall–Kier alpha value is -2.68. The molecule has 1 aromatic heterocycles. The lowest BCUT2D eigenvalue weighted by molar-refractivity contribution is -0.137. The number of pyridine rings is 1. The highest BCUT2D eigenvalue weighted by molar-refractivity contribution is 6.11. The van der Waals surface area contributed by atoms with E-state index in [9.17, 15) is 18.0 Å². The molecule has 1 aliphatic rings. The molecule has 1 unspecified atom stereocenters. The van der Waals surface area contributed by atoms with Gasteiger partial charge in [0.2, 0.25) is 5.91 Å². The van der Waals surface area contributed by atoms with Crippen LogP contribution in [0.4, 0.5) is 19.0 Å². The predicted octanol–water partition coefficient (Wildman–Crippen LogP) is 4.79. The minimum absolute atomic E-state index is 0.0539. The normalized spacial score (nSPS) is 19.1. The summed E-state index contributed by atoms with van der Waals surface area (Å²) < 4.78 is 41.6. The van der Waals surface area contributed by atoms with E-state index in [0.29, 0.717) is 43.0 Å². The molecule has 1 fully saturated rings. The van der Waals surface area contributed by atoms with Gasteiger partial charge in [0.25, 0.3) is 0 Å². The first-order chi connectivity index (χ1) is 15.5. The van der Waals surface area contributed by atoms with Gasteiger partial charge in [0.15, 0.2) is 0 Å². The number of aromatic nitrogens is 1. The van der Waals surface area contributed by atoms with Gasteiger partial charge in [-0.3, -0.25) is 4.79 Å². The fourth-order valence-electron chi connectivity index (χ4n) is 4.00. The van der Waals surface area contributed by atoms with Crippen molar-refractivity contribution in [3.63, 3.8) is 0 Å². The molecule has 1 saturated heterocycles. The monoisotopic (exact) mass is 465 g/mol. The summed E-state index contributed by atoms with van der Waals surface area (Å²) in [5.41, 5.74) is 0.637. The Labute approximate surface area is 194 Å². The number of aliphatic imine (C=N–C) groups is 1. The highest BCUT2D eigenvalue weighted by Gasteiger charge is 2.34. The number of anilines is 1. The SMILES string of the molecule is C=CN=C(NC(C)=O)/C(=C(\C)c1cc(C(F)(F)F)cc(N2CCNC[C@H]2CC)n1)C(C)CC. The Balaban J connectivity index is 2.76. The second-order valence-corrected chi connectivity index (χ2v) is 8.25. The Morgan fingerprint density at radius 3 is 2.64 bits per heavy atom. The van der Waals surface area contributed by atoms with Crippen molar-refractivity contribution < 1.29 is 18.0 Å². The Morgan fingerprint density at radius 2 is 2.09 bits per heavy atom. The number of carbonyl (C=O) groups excluding carboxylic acids is 1. The third-order valence-corrected chi connectivity index (χ3v) is 5.92. The van der Waals surface area contributed by atoms with Crippen LogP contribution >= 0.6 is 0 Å². The first kappa shape index (κ1) is 26.6. The summed E-state index contributed by atoms with van der Waals surface area (Å²) in [6.07, 6.45) is -1.73. The zero-order valence-electron chi connectivity index (χ0n) is 20.0. The molecule has 2 N–H and O–H groups in total. The average molecular weight is 466 g/mol. The van der Waals surface area contributed by atoms with Gasteiger partial charge >= 0.3 is 6.18 Å². The van der Waals surface area contributed by atoms with Gasteiger partial charge < -0.3 is 15.5 Å². The molecular formula is C24H34F3N5O. The number of alkyl halides is 3. The zero-order valence-corrected chi connectivity index (χ0v) is 20.0. The molecule has 33 heavy (non-hydrogen) atoms. The molecule has 0 spiro atoms. The molecule has 2 heterocycles. The fourth-order valence-corrected chi connectivity index (χ4v) is 4.00. The number of nitrogens with one attached hydrogen (secondary N) is 2. The van der Waals surface area contributed by atoms with E-state index in [1.165, 1.54) is 13.1 Å². The maximum Gasteiger partial charge on any atom is 0.416 e. The van der Waals surface area contributed by atoms with Crippen molar-refractivity contribution in [3.8, 4) is 0 Å². The van der Waals surface area contributed by atoms with E-state index < -0.39 is 11.7 Å². The lowest BCUT2D eigenvalue weighted by atomic mass is 9.91. The highest BCUT2D eigenvalue weighted by atomic mass is 19.4. The van der Waals surface area contributed by atoms with Crippen LogP contribution in [-0.4, -0.2) is 42.4 Å².